The number of anilines is 2. The maximum absolute atomic E-state index is 10.9. The second-order valence-electron chi connectivity index (χ2n) is 8.36. The Balaban J connectivity index is 0.00000213. The van der Waals surface area contributed by atoms with Crippen molar-refractivity contribution in [3.63, 3.8) is 0 Å². The van der Waals surface area contributed by atoms with Crippen LogP contribution in [0.1, 0.15) is 66.0 Å². The summed E-state index contributed by atoms with van der Waals surface area (Å²) in [4.78, 5) is 17.7. The summed E-state index contributed by atoms with van der Waals surface area (Å²) in [6.07, 6.45) is 8.72. The predicted octanol–water partition coefficient (Wildman–Crippen LogP) is 5.62. The van der Waals surface area contributed by atoms with Crippen molar-refractivity contribution in [3.8, 4) is 12.3 Å². The van der Waals surface area contributed by atoms with Crippen LogP contribution in [-0.4, -0.2) is 62.0 Å². The Labute approximate surface area is 228 Å². The first kappa shape index (κ1) is 34.4. The predicted molar refractivity (Wildman–Crippen MR) is 157 cm³/mol. The molecule has 3 rings (SSSR count). The number of terminal acetylenes is 1. The number of benzene rings is 1. The third kappa shape index (κ3) is 11.6. The van der Waals surface area contributed by atoms with Gasteiger partial charge >= 0.3 is 6.09 Å². The molecule has 1 unspecified atom stereocenters. The minimum atomic E-state index is -0.992. The lowest BCUT2D eigenvalue weighted by Gasteiger charge is -2.25. The van der Waals surface area contributed by atoms with Crippen LogP contribution < -0.4 is 10.6 Å². The van der Waals surface area contributed by atoms with Crippen molar-refractivity contribution in [2.45, 2.75) is 67.5 Å². The van der Waals surface area contributed by atoms with Crippen LogP contribution in [0.3, 0.4) is 0 Å². The molecule has 9 nitrogen and oxygen atoms in total. The number of nitrogens with one attached hydrogen (secondary N) is 2. The highest BCUT2D eigenvalue weighted by Crippen LogP contribution is 2.25. The van der Waals surface area contributed by atoms with Gasteiger partial charge in [0.2, 0.25) is 0 Å². The van der Waals surface area contributed by atoms with Gasteiger partial charge in [0.25, 0.3) is 0 Å². The van der Waals surface area contributed by atoms with Crippen molar-refractivity contribution in [2.24, 2.45) is 5.92 Å². The van der Waals surface area contributed by atoms with Crippen LogP contribution >= 0.6 is 0 Å². The molecule has 4 N–H and O–H groups in total. The molecule has 0 fully saturated rings. The van der Waals surface area contributed by atoms with Gasteiger partial charge in [0.15, 0.2) is 5.82 Å². The summed E-state index contributed by atoms with van der Waals surface area (Å²) in [5.74, 6) is 3.84. The highest BCUT2D eigenvalue weighted by Gasteiger charge is 2.16. The normalized spacial score (nSPS) is 10.7. The van der Waals surface area contributed by atoms with E-state index in [-0.39, 0.29) is 6.04 Å². The molecule has 210 valence electrons. The van der Waals surface area contributed by atoms with E-state index in [4.69, 9.17) is 16.6 Å². The van der Waals surface area contributed by atoms with E-state index in [0.29, 0.717) is 18.3 Å². The zero-order chi connectivity index (χ0) is 29.1. The van der Waals surface area contributed by atoms with E-state index < -0.39 is 6.09 Å². The number of rotatable bonds is 10. The maximum Gasteiger partial charge on any atom is 0.404 e. The molecule has 3 aromatic rings. The van der Waals surface area contributed by atoms with Gasteiger partial charge in [-0.25, -0.2) is 14.3 Å². The lowest BCUT2D eigenvalue weighted by Crippen LogP contribution is -2.36. The molecule has 2 heterocycles. The summed E-state index contributed by atoms with van der Waals surface area (Å²) in [6.45, 7) is 16.6. The quantitative estimate of drug-likeness (QED) is 0.254. The molecule has 0 saturated carbocycles. The van der Waals surface area contributed by atoms with Gasteiger partial charge in [0.05, 0.1) is 0 Å². The number of aromatic nitrogens is 3. The molecular weight excluding hydrogens is 480 g/mol. The lowest BCUT2D eigenvalue weighted by molar-refractivity contribution is 0.185. The van der Waals surface area contributed by atoms with E-state index in [1.807, 2.05) is 69.6 Å². The van der Waals surface area contributed by atoms with E-state index in [9.17, 15) is 4.79 Å². The maximum atomic E-state index is 10.9. The van der Waals surface area contributed by atoms with Crippen molar-refractivity contribution >= 4 is 23.1 Å². The average Bonchev–Trinajstić information content (AvgIpc) is 3.34. The number of hydrogen-bond donors (Lipinski definition) is 4. The summed E-state index contributed by atoms with van der Waals surface area (Å²) in [5.41, 5.74) is 3.66. The molecule has 2 aromatic heterocycles. The van der Waals surface area contributed by atoms with E-state index in [2.05, 4.69) is 51.5 Å². The molecule has 0 radical (unpaired) electrons. The van der Waals surface area contributed by atoms with Crippen LogP contribution in [0.2, 0.25) is 0 Å². The second-order valence-corrected chi connectivity index (χ2v) is 8.36. The van der Waals surface area contributed by atoms with Gasteiger partial charge in [-0.2, -0.15) is 5.10 Å². The van der Waals surface area contributed by atoms with Crippen LogP contribution in [0.4, 0.5) is 16.3 Å². The molecule has 9 heteroatoms. The Morgan fingerprint density at radius 1 is 1.16 bits per heavy atom. The van der Waals surface area contributed by atoms with Crippen molar-refractivity contribution in [3.05, 3.63) is 54.0 Å². The molecule has 1 aromatic carbocycles. The Hall–Kier alpha value is -3.61. The number of hydrogen-bond acceptors (Lipinski definition) is 6. The Morgan fingerprint density at radius 3 is 2.45 bits per heavy atom. The molecule has 0 spiro atoms. The summed E-state index contributed by atoms with van der Waals surface area (Å²) >= 11 is 0. The smallest absolute Gasteiger partial charge is 0.404 e. The minimum Gasteiger partial charge on any atom is -0.465 e. The van der Waals surface area contributed by atoms with Gasteiger partial charge in [0, 0.05) is 50.2 Å². The molecule has 1 atom stereocenters. The zero-order valence-corrected chi connectivity index (χ0v) is 24.2. The third-order valence-electron chi connectivity index (χ3n) is 5.09. The van der Waals surface area contributed by atoms with E-state index in [1.165, 1.54) is 6.33 Å². The topological polar surface area (TPSA) is 115 Å². The van der Waals surface area contributed by atoms with Crippen LogP contribution in [0.5, 0.6) is 0 Å². The lowest BCUT2D eigenvalue weighted by atomic mass is 10.1. The van der Waals surface area contributed by atoms with Gasteiger partial charge in [0.1, 0.15) is 11.8 Å². The first-order valence-electron chi connectivity index (χ1n) is 13.2. The van der Waals surface area contributed by atoms with Crippen molar-refractivity contribution in [2.75, 3.05) is 25.5 Å². The fourth-order valence-corrected chi connectivity index (χ4v) is 3.71. The fraction of sp³-hybridized carbons (Fsp3) is 0.483. The molecule has 0 aliphatic rings. The summed E-state index contributed by atoms with van der Waals surface area (Å²) < 4.78 is 1.82. The Morgan fingerprint density at radius 2 is 1.84 bits per heavy atom. The molecule has 0 aliphatic heterocycles. The highest BCUT2D eigenvalue weighted by atomic mass is 16.4. The number of fused-ring (bicyclic) bond motifs is 1. The van der Waals surface area contributed by atoms with E-state index in [0.717, 1.165) is 49.0 Å². The number of nitrogens with zero attached hydrogens (tertiary/aromatic N) is 4. The summed E-state index contributed by atoms with van der Waals surface area (Å²) in [5, 5.41) is 26.2. The third-order valence-corrected chi connectivity index (χ3v) is 5.09. The molecule has 38 heavy (non-hydrogen) atoms. The van der Waals surface area contributed by atoms with Gasteiger partial charge < -0.3 is 20.8 Å². The molecule has 1 amide bonds. The first-order chi connectivity index (χ1) is 18.4. The Bertz CT molecular complexity index is 1110. The number of carbonyl (C=O) groups is 1. The van der Waals surface area contributed by atoms with E-state index in [1.54, 1.807) is 0 Å². The summed E-state index contributed by atoms with van der Waals surface area (Å²) in [7, 11) is 1.00. The molecule has 0 bridgehead atoms. The van der Waals surface area contributed by atoms with Gasteiger partial charge in [-0.15, -0.1) is 6.42 Å². The average molecular weight is 527 g/mol. The van der Waals surface area contributed by atoms with Crippen LogP contribution in [0.15, 0.2) is 42.9 Å². The second kappa shape index (κ2) is 19.5. The number of carboxylic acid groups (broad SMARTS) is 1. The van der Waals surface area contributed by atoms with Gasteiger partial charge in [-0.3, -0.25) is 4.90 Å². The van der Waals surface area contributed by atoms with Crippen molar-refractivity contribution in [1.29, 1.82) is 0 Å². The molecule has 0 aliphatic carbocycles. The monoisotopic (exact) mass is 526 g/mol. The summed E-state index contributed by atoms with van der Waals surface area (Å²) in [6, 6.07) is 9.59. The standard InChI is InChI=1S/C24H30N6O2.2C2H6.CH4O/c1-5-19-7-6-8-21(13-19)28-23-22-20(10-12-30(22)26-16-25-23)15-29(14-17(2)3)11-9-18(4)27-24(31)32;3*1-2/h1,6-8,10,12-13,16-18,27H,9,11,14-15H2,2-4H3,(H,31,32)(H,25,26,28);2*1-2H3;2H,1H3. The largest absolute Gasteiger partial charge is 0.465 e. The van der Waals surface area contributed by atoms with E-state index >= 15 is 0 Å². The fourth-order valence-electron chi connectivity index (χ4n) is 3.71. The molecular formula is C29H46N6O3. The SMILES string of the molecule is C#Cc1cccc(Nc2ncnn3ccc(CN(CCC(C)NC(=O)O)CC(C)C)c23)c1.CC.CC.CO. The van der Waals surface area contributed by atoms with Crippen molar-refractivity contribution < 1.29 is 15.0 Å². The van der Waals surface area contributed by atoms with Gasteiger partial charge in [-0.05, 0) is 49.1 Å². The van der Waals surface area contributed by atoms with Crippen LogP contribution in [0, 0.1) is 18.3 Å². The van der Waals surface area contributed by atoms with Crippen molar-refractivity contribution in [1.82, 2.24) is 24.8 Å². The number of aliphatic hydroxyl groups excluding tert-OH is 1. The first-order valence-corrected chi connectivity index (χ1v) is 13.2. The van der Waals surface area contributed by atoms with Crippen LogP contribution in [-0.2, 0) is 6.54 Å². The minimum absolute atomic E-state index is 0.114. The number of aliphatic hydroxyl groups is 1. The molecule has 0 saturated heterocycles. The van der Waals surface area contributed by atoms with Crippen LogP contribution in [0.25, 0.3) is 5.52 Å². The zero-order valence-electron chi connectivity index (χ0n) is 24.2. The van der Waals surface area contributed by atoms with Gasteiger partial charge in [-0.1, -0.05) is 53.5 Å². The Kier molecular flexibility index (Phi) is 17.6. The highest BCUT2D eigenvalue weighted by molar-refractivity contribution is 5.76. The number of amides is 1.